The fourth-order valence-corrected chi connectivity index (χ4v) is 1.99. The number of hydrogen-bond donors (Lipinski definition) is 5. The maximum atomic E-state index is 12.2. The van der Waals surface area contributed by atoms with Crippen LogP contribution >= 0.6 is 0 Å². The van der Waals surface area contributed by atoms with E-state index >= 15 is 0 Å². The average Bonchev–Trinajstić information content (AvgIpc) is 2.42. The van der Waals surface area contributed by atoms with E-state index in [1.807, 2.05) is 0 Å². The molecular weight excluding hydrogens is 317 g/mol. The van der Waals surface area contributed by atoms with E-state index in [1.54, 1.807) is 0 Å². The Morgan fingerprint density at radius 3 is 2.27 bits per heavy atom. The number of hydrogen-bond acceptors (Lipinski definition) is 6. The highest BCUT2D eigenvalue weighted by atomic mass is 19.4. The second-order valence-electron chi connectivity index (χ2n) is 4.54. The number of carboxylic acid groups (broad SMARTS) is 1. The van der Waals surface area contributed by atoms with Crippen LogP contribution in [0.2, 0.25) is 0 Å². The number of halogens is 3. The van der Waals surface area contributed by atoms with Gasteiger partial charge in [0, 0.05) is 0 Å². The van der Waals surface area contributed by atoms with Crippen LogP contribution in [0.3, 0.4) is 0 Å². The minimum absolute atomic E-state index is 0.479. The minimum Gasteiger partial charge on any atom is -0.480 e. The summed E-state index contributed by atoms with van der Waals surface area (Å²) >= 11 is 0. The van der Waals surface area contributed by atoms with Crippen molar-refractivity contribution in [1.29, 1.82) is 0 Å². The highest BCUT2D eigenvalue weighted by molar-refractivity contribution is 5.96. The van der Waals surface area contributed by atoms with Gasteiger partial charge in [0.15, 0.2) is 0 Å². The van der Waals surface area contributed by atoms with Crippen LogP contribution in [0.4, 0.5) is 13.2 Å². The van der Waals surface area contributed by atoms with E-state index in [9.17, 15) is 37.8 Å². The zero-order valence-electron chi connectivity index (χ0n) is 10.8. The summed E-state index contributed by atoms with van der Waals surface area (Å²) in [5, 5.41) is 37.6. The van der Waals surface area contributed by atoms with Crippen LogP contribution in [0.25, 0.3) is 0 Å². The van der Waals surface area contributed by atoms with Crippen molar-refractivity contribution < 1.29 is 48.0 Å². The molecule has 22 heavy (non-hydrogen) atoms. The van der Waals surface area contributed by atoms with Gasteiger partial charge >= 0.3 is 18.1 Å². The Hall–Kier alpha value is -1.92. The molecule has 2 amide bonds. The van der Waals surface area contributed by atoms with E-state index in [0.717, 1.165) is 0 Å². The maximum Gasteiger partial charge on any atom is 0.471 e. The molecule has 12 heteroatoms. The van der Waals surface area contributed by atoms with Gasteiger partial charge in [-0.15, -0.1) is 0 Å². The van der Waals surface area contributed by atoms with Gasteiger partial charge in [-0.3, -0.25) is 14.4 Å². The van der Waals surface area contributed by atoms with Gasteiger partial charge in [-0.25, -0.2) is 0 Å². The van der Waals surface area contributed by atoms with E-state index in [2.05, 4.69) is 0 Å². The van der Waals surface area contributed by atoms with Crippen LogP contribution in [0.15, 0.2) is 0 Å². The number of aliphatic hydroxyl groups is 3. The lowest BCUT2D eigenvalue weighted by Crippen LogP contribution is -2.76. The number of carboxylic acids is 1. The van der Waals surface area contributed by atoms with Gasteiger partial charge in [-0.05, 0) is 0 Å². The molecule has 1 aliphatic rings. The lowest BCUT2D eigenvalue weighted by molar-refractivity contribution is -0.184. The molecule has 0 bridgehead atoms. The van der Waals surface area contributed by atoms with Gasteiger partial charge in [0.05, 0.1) is 12.6 Å². The van der Waals surface area contributed by atoms with Crippen molar-refractivity contribution in [2.24, 2.45) is 0 Å². The van der Waals surface area contributed by atoms with Crippen LogP contribution in [0.1, 0.15) is 0 Å². The second-order valence-corrected chi connectivity index (χ2v) is 4.54. The number of nitrogens with one attached hydrogen (secondary N) is 1. The summed E-state index contributed by atoms with van der Waals surface area (Å²) in [5.41, 5.74) is 0. The largest absolute Gasteiger partial charge is 0.480 e. The molecule has 0 radical (unpaired) electrons. The summed E-state index contributed by atoms with van der Waals surface area (Å²) < 4.78 is 36.5. The van der Waals surface area contributed by atoms with Crippen molar-refractivity contribution >= 4 is 17.8 Å². The Morgan fingerprint density at radius 1 is 1.32 bits per heavy atom. The first kappa shape index (κ1) is 18.1. The fraction of sp³-hybridized carbons (Fsp3) is 0.700. The van der Waals surface area contributed by atoms with Crippen LogP contribution in [0, 0.1) is 0 Å². The lowest BCUT2D eigenvalue weighted by Gasteiger charge is -2.49. The van der Waals surface area contributed by atoms with Crippen LogP contribution in [0.5, 0.6) is 0 Å². The summed E-state index contributed by atoms with van der Waals surface area (Å²) in [4.78, 5) is 33.5. The summed E-state index contributed by atoms with van der Waals surface area (Å²) in [6.07, 6.45) is -9.06. The number of aliphatic carboxylic acids is 1. The topological polar surface area (TPSA) is 147 Å². The van der Waals surface area contributed by atoms with E-state index in [4.69, 9.17) is 10.2 Å². The molecule has 1 saturated heterocycles. The Kier molecular flexibility index (Phi) is 5.32. The van der Waals surface area contributed by atoms with Crippen molar-refractivity contribution in [1.82, 2.24) is 10.2 Å². The number of amides is 2. The van der Waals surface area contributed by atoms with Crippen molar-refractivity contribution in [3.05, 3.63) is 0 Å². The molecule has 0 unspecified atom stereocenters. The summed E-state index contributed by atoms with van der Waals surface area (Å²) in [7, 11) is 0. The summed E-state index contributed by atoms with van der Waals surface area (Å²) in [6.45, 7) is -1.93. The first-order valence-electron chi connectivity index (χ1n) is 5.87. The Balaban J connectivity index is 2.93. The molecule has 1 fully saturated rings. The predicted octanol–water partition coefficient (Wildman–Crippen LogP) is -2.96. The third kappa shape index (κ3) is 3.64. The number of aliphatic hydroxyl groups excluding tert-OH is 3. The first-order chi connectivity index (χ1) is 10.0. The lowest BCUT2D eigenvalue weighted by atomic mass is 9.87. The van der Waals surface area contributed by atoms with Crippen molar-refractivity contribution in [3.63, 3.8) is 0 Å². The summed E-state index contributed by atoms with van der Waals surface area (Å²) in [5.74, 6) is -5.12. The molecule has 1 aliphatic heterocycles. The highest BCUT2D eigenvalue weighted by Crippen LogP contribution is 2.26. The number of likely N-dealkylation sites (tertiary alicyclic amines) is 1. The van der Waals surface area contributed by atoms with Crippen LogP contribution in [-0.2, 0) is 14.4 Å². The molecule has 9 nitrogen and oxygen atoms in total. The highest BCUT2D eigenvalue weighted by Gasteiger charge is 2.55. The number of carbonyl (C=O) groups excluding carboxylic acids is 2. The first-order valence-corrected chi connectivity index (χ1v) is 5.87. The molecule has 0 aromatic heterocycles. The average molecular weight is 330 g/mol. The zero-order valence-corrected chi connectivity index (χ0v) is 10.8. The standard InChI is InChI=1S/C10H13F3N2O7/c11-10(12,13)9(22)14-5-6(7(20)3(17)2-16)15(8(5)21)1-4(18)19/h3,5-7,16-17,20H,1-2H2,(H,14,22)(H,18,19)/t3-,5+,6-,7-/m1/s1. The monoisotopic (exact) mass is 330 g/mol. The molecular formula is C10H13F3N2O7. The molecule has 0 spiro atoms. The van der Waals surface area contributed by atoms with E-state index in [1.165, 1.54) is 5.32 Å². The van der Waals surface area contributed by atoms with Gasteiger partial charge in [0.1, 0.15) is 24.8 Å². The molecule has 0 saturated carbocycles. The molecule has 4 atom stereocenters. The maximum absolute atomic E-state index is 12.2. The fourth-order valence-electron chi connectivity index (χ4n) is 1.99. The predicted molar refractivity (Wildman–Crippen MR) is 60.2 cm³/mol. The van der Waals surface area contributed by atoms with Crippen LogP contribution < -0.4 is 5.32 Å². The van der Waals surface area contributed by atoms with E-state index < -0.39 is 61.4 Å². The molecule has 0 aliphatic carbocycles. The van der Waals surface area contributed by atoms with Crippen LogP contribution in [-0.4, -0.2) is 86.7 Å². The Labute approximate surface area is 120 Å². The molecule has 0 aromatic carbocycles. The Morgan fingerprint density at radius 2 is 1.86 bits per heavy atom. The molecule has 1 heterocycles. The number of nitrogens with zero attached hydrogens (tertiary/aromatic N) is 1. The SMILES string of the molecule is O=C(O)CN1C(=O)[C@@H](NC(=O)C(F)(F)F)[C@@H]1[C@H](O)[C@H](O)CO. The molecule has 0 aromatic rings. The van der Waals surface area contributed by atoms with Gasteiger partial charge in [0.2, 0.25) is 5.91 Å². The molecule has 1 rings (SSSR count). The normalized spacial score (nSPS) is 24.5. The number of alkyl halides is 3. The van der Waals surface area contributed by atoms with Crippen molar-refractivity contribution in [2.75, 3.05) is 13.2 Å². The minimum atomic E-state index is -5.28. The quantitative estimate of drug-likeness (QED) is 0.327. The van der Waals surface area contributed by atoms with Crippen molar-refractivity contribution in [3.8, 4) is 0 Å². The third-order valence-corrected chi connectivity index (χ3v) is 3.03. The molecule has 5 N–H and O–H groups in total. The third-order valence-electron chi connectivity index (χ3n) is 3.03. The molecule has 126 valence electrons. The van der Waals surface area contributed by atoms with E-state index in [0.29, 0.717) is 4.90 Å². The van der Waals surface area contributed by atoms with Gasteiger partial charge in [-0.1, -0.05) is 0 Å². The van der Waals surface area contributed by atoms with Crippen molar-refractivity contribution in [2.45, 2.75) is 30.5 Å². The van der Waals surface area contributed by atoms with Gasteiger partial charge in [0.25, 0.3) is 0 Å². The number of β-lactam (4-membered cyclic amide) rings is 1. The second kappa shape index (κ2) is 6.46. The van der Waals surface area contributed by atoms with E-state index in [-0.39, 0.29) is 0 Å². The Bertz CT molecular complexity index is 470. The summed E-state index contributed by atoms with van der Waals surface area (Å²) in [6, 6.07) is -3.47. The zero-order chi connectivity index (χ0) is 17.2. The van der Waals surface area contributed by atoms with Gasteiger partial charge < -0.3 is 30.6 Å². The number of carbonyl (C=O) groups is 3. The van der Waals surface area contributed by atoms with Gasteiger partial charge in [-0.2, -0.15) is 13.2 Å². The number of rotatable bonds is 6. The smallest absolute Gasteiger partial charge is 0.471 e.